The molecule has 226 valence electrons. The Morgan fingerprint density at radius 3 is 2.53 bits per heavy atom. The molecule has 4 aromatic rings. The number of halogens is 3. The van der Waals surface area contributed by atoms with E-state index in [-0.39, 0.29) is 42.6 Å². The van der Waals surface area contributed by atoms with Gasteiger partial charge in [0.15, 0.2) is 11.2 Å². The van der Waals surface area contributed by atoms with Gasteiger partial charge in [-0.3, -0.25) is 14.2 Å². The van der Waals surface area contributed by atoms with Gasteiger partial charge >= 0.3 is 12.1 Å². The fraction of sp³-hybridized carbons (Fsp3) is 0.357. The number of aliphatic carboxylic acids is 1. The Hall–Kier alpha value is -4.08. The number of pyridine rings is 2. The highest BCUT2D eigenvalue weighted by atomic mass is 32.2. The smallest absolute Gasteiger partial charge is 0.452 e. The van der Waals surface area contributed by atoms with Crippen LogP contribution >= 0.6 is 0 Å². The van der Waals surface area contributed by atoms with Gasteiger partial charge in [-0.1, -0.05) is 18.2 Å². The van der Waals surface area contributed by atoms with Gasteiger partial charge in [0.05, 0.1) is 38.4 Å². The van der Waals surface area contributed by atoms with Crippen LogP contribution in [0.25, 0.3) is 5.65 Å². The van der Waals surface area contributed by atoms with E-state index in [1.54, 1.807) is 44.2 Å². The van der Waals surface area contributed by atoms with Crippen molar-refractivity contribution in [3.8, 4) is 5.75 Å². The van der Waals surface area contributed by atoms with E-state index in [1.165, 1.54) is 16.4 Å². The lowest BCUT2D eigenvalue weighted by molar-refractivity contribution is -0.165. The predicted octanol–water partition coefficient (Wildman–Crippen LogP) is 3.72. The standard InChI is InChI=1S/C28H26F3N5O6S/c1-16-7-8-20(19(11-24(37)38)18-9-10-36-25(17(18)2)33-34-26(36)28(29,30)31)32-21(16)12-35-13-27(14-41-15-27)42-22-5-3-4-6-23(22)43(35,39)40/h3-10,19H,11-15H2,1-2H3,(H,37,38)/t19-/m1/s1. The molecule has 1 fully saturated rings. The lowest BCUT2D eigenvalue weighted by Gasteiger charge is -2.41. The Morgan fingerprint density at radius 2 is 1.86 bits per heavy atom. The molecule has 0 aliphatic carbocycles. The minimum absolute atomic E-state index is 0.0120. The number of alkyl halides is 3. The number of fused-ring (bicyclic) bond motifs is 2. The summed E-state index contributed by atoms with van der Waals surface area (Å²) in [4.78, 5) is 16.7. The molecule has 11 nitrogen and oxygen atoms in total. The average molecular weight is 618 g/mol. The molecule has 2 aliphatic heterocycles. The molecule has 1 aromatic carbocycles. The number of para-hydroxylation sites is 1. The molecule has 2 aliphatic rings. The van der Waals surface area contributed by atoms with Crippen molar-refractivity contribution in [1.82, 2.24) is 23.9 Å². The topological polar surface area (TPSA) is 136 Å². The first-order valence-corrected chi connectivity index (χ1v) is 14.7. The quantitative estimate of drug-likeness (QED) is 0.343. The first kappa shape index (κ1) is 29.0. The van der Waals surface area contributed by atoms with Crippen LogP contribution in [0.15, 0.2) is 53.6 Å². The molecule has 1 saturated heterocycles. The first-order valence-electron chi connectivity index (χ1n) is 13.2. The molecule has 1 atom stereocenters. The molecule has 3 aromatic heterocycles. The van der Waals surface area contributed by atoms with Crippen molar-refractivity contribution < 1.29 is 41.0 Å². The second kappa shape index (κ2) is 10.3. The number of aromatic nitrogens is 4. The monoisotopic (exact) mass is 617 g/mol. The summed E-state index contributed by atoms with van der Waals surface area (Å²) in [6.45, 7) is 3.62. The molecular weight excluding hydrogens is 591 g/mol. The molecular formula is C28H26F3N5O6S. The molecule has 0 saturated carbocycles. The number of rotatable bonds is 6. The molecule has 0 bridgehead atoms. The highest BCUT2D eigenvalue weighted by molar-refractivity contribution is 7.89. The second-order valence-corrected chi connectivity index (χ2v) is 12.7. The Morgan fingerprint density at radius 1 is 1.12 bits per heavy atom. The molecule has 0 unspecified atom stereocenters. The van der Waals surface area contributed by atoms with Gasteiger partial charge in [-0.2, -0.15) is 17.5 Å². The Balaban J connectivity index is 1.40. The number of carbonyl (C=O) groups is 1. The summed E-state index contributed by atoms with van der Waals surface area (Å²) in [6, 6.07) is 11.1. The number of hydrogen-bond acceptors (Lipinski definition) is 8. The van der Waals surface area contributed by atoms with Crippen LogP contribution in [0.5, 0.6) is 5.75 Å². The maximum atomic E-state index is 13.8. The molecule has 0 radical (unpaired) electrons. The van der Waals surface area contributed by atoms with Crippen molar-refractivity contribution >= 4 is 21.6 Å². The predicted molar refractivity (Wildman–Crippen MR) is 144 cm³/mol. The summed E-state index contributed by atoms with van der Waals surface area (Å²) in [7, 11) is -4.02. The van der Waals surface area contributed by atoms with Gasteiger partial charge in [0.25, 0.3) is 0 Å². The number of benzene rings is 1. The molecule has 15 heteroatoms. The van der Waals surface area contributed by atoms with Crippen molar-refractivity contribution in [2.75, 3.05) is 19.8 Å². The molecule has 1 spiro atoms. The third-order valence-electron chi connectivity index (χ3n) is 7.77. The highest BCUT2D eigenvalue weighted by Crippen LogP contribution is 2.39. The van der Waals surface area contributed by atoms with Crippen molar-refractivity contribution in [1.29, 1.82) is 0 Å². The van der Waals surface area contributed by atoms with Gasteiger partial charge < -0.3 is 14.6 Å². The Kier molecular flexibility index (Phi) is 6.93. The van der Waals surface area contributed by atoms with Crippen LogP contribution < -0.4 is 4.74 Å². The van der Waals surface area contributed by atoms with Crippen LogP contribution in [0, 0.1) is 13.8 Å². The lowest BCUT2D eigenvalue weighted by Crippen LogP contribution is -2.60. The Labute approximate surface area is 243 Å². The summed E-state index contributed by atoms with van der Waals surface area (Å²) in [5, 5.41) is 16.8. The van der Waals surface area contributed by atoms with E-state index in [9.17, 15) is 31.5 Å². The molecule has 43 heavy (non-hydrogen) atoms. The van der Waals surface area contributed by atoms with E-state index in [2.05, 4.69) is 10.2 Å². The molecule has 1 N–H and O–H groups in total. The largest absolute Gasteiger partial charge is 0.481 e. The van der Waals surface area contributed by atoms with Crippen molar-refractivity contribution in [2.45, 2.75) is 49.4 Å². The highest BCUT2D eigenvalue weighted by Gasteiger charge is 2.49. The lowest BCUT2D eigenvalue weighted by atomic mass is 9.89. The molecule has 0 amide bonds. The van der Waals surface area contributed by atoms with E-state index in [0.29, 0.717) is 28.1 Å². The van der Waals surface area contributed by atoms with Crippen LogP contribution in [0.1, 0.15) is 46.2 Å². The summed E-state index contributed by atoms with van der Waals surface area (Å²) in [6.07, 6.45) is -3.99. The Bertz CT molecular complexity index is 1860. The molecule has 5 heterocycles. The van der Waals surface area contributed by atoms with Crippen LogP contribution in [-0.2, 0) is 32.3 Å². The average Bonchev–Trinajstić information content (AvgIpc) is 3.34. The van der Waals surface area contributed by atoms with Crippen LogP contribution in [-0.4, -0.2) is 68.7 Å². The normalized spacial score (nSPS) is 18.4. The number of nitrogens with zero attached hydrogens (tertiary/aromatic N) is 5. The summed E-state index contributed by atoms with van der Waals surface area (Å²) < 4.78 is 81.5. The zero-order chi connectivity index (χ0) is 30.7. The number of ether oxygens (including phenoxy) is 2. The minimum atomic E-state index is -4.73. The van der Waals surface area contributed by atoms with E-state index < -0.39 is 45.9 Å². The maximum Gasteiger partial charge on any atom is 0.452 e. The summed E-state index contributed by atoms with van der Waals surface area (Å²) >= 11 is 0. The molecule has 6 rings (SSSR count). The van der Waals surface area contributed by atoms with Crippen LogP contribution in [0.2, 0.25) is 0 Å². The van der Waals surface area contributed by atoms with E-state index in [4.69, 9.17) is 14.5 Å². The third kappa shape index (κ3) is 5.10. The summed E-state index contributed by atoms with van der Waals surface area (Å²) in [5.74, 6) is -2.98. The van der Waals surface area contributed by atoms with Gasteiger partial charge in [0.1, 0.15) is 10.6 Å². The summed E-state index contributed by atoms with van der Waals surface area (Å²) in [5.41, 5.74) is 1.19. The van der Waals surface area contributed by atoms with Gasteiger partial charge in [0, 0.05) is 17.8 Å². The van der Waals surface area contributed by atoms with Crippen LogP contribution in [0.3, 0.4) is 0 Å². The van der Waals surface area contributed by atoms with E-state index in [1.807, 2.05) is 0 Å². The van der Waals surface area contributed by atoms with Crippen LogP contribution in [0.4, 0.5) is 13.2 Å². The third-order valence-corrected chi connectivity index (χ3v) is 9.60. The second-order valence-electron chi connectivity index (χ2n) is 10.8. The van der Waals surface area contributed by atoms with E-state index >= 15 is 0 Å². The SMILES string of the molecule is Cc1ccc([C@H](CC(=O)O)c2ccn3c(C(F)(F)F)nnc3c2C)nc1CN1CC2(COC2)Oc2ccccc2S1(=O)=O. The van der Waals surface area contributed by atoms with Crippen molar-refractivity contribution in [3.63, 3.8) is 0 Å². The zero-order valence-corrected chi connectivity index (χ0v) is 23.8. The number of sulfonamides is 1. The van der Waals surface area contributed by atoms with Gasteiger partial charge in [0.2, 0.25) is 15.8 Å². The van der Waals surface area contributed by atoms with Gasteiger partial charge in [-0.15, -0.1) is 10.2 Å². The number of aryl methyl sites for hydroxylation is 2. The number of carboxylic acids is 1. The maximum absolute atomic E-state index is 13.8. The van der Waals surface area contributed by atoms with Crippen molar-refractivity contribution in [3.05, 3.63) is 82.6 Å². The number of carboxylic acid groups (broad SMARTS) is 1. The fourth-order valence-corrected chi connectivity index (χ4v) is 7.10. The zero-order valence-electron chi connectivity index (χ0n) is 23.0. The van der Waals surface area contributed by atoms with Crippen molar-refractivity contribution in [2.24, 2.45) is 0 Å². The minimum Gasteiger partial charge on any atom is -0.481 e. The van der Waals surface area contributed by atoms with E-state index in [0.717, 1.165) is 10.6 Å². The first-order chi connectivity index (χ1) is 20.3. The van der Waals surface area contributed by atoms with Gasteiger partial charge in [-0.05, 0) is 54.8 Å². The number of hydrogen-bond donors (Lipinski definition) is 1. The fourth-order valence-electron chi connectivity index (χ4n) is 5.50. The van der Waals surface area contributed by atoms with Gasteiger partial charge in [-0.25, -0.2) is 8.42 Å².